The molecule has 1 heterocycles. The molecule has 0 fully saturated rings. The first-order valence-electron chi connectivity index (χ1n) is 8.64. The normalized spacial score (nSPS) is 11.1. The Labute approximate surface area is 146 Å². The third-order valence-corrected chi connectivity index (χ3v) is 4.36. The minimum atomic E-state index is 0.640. The van der Waals surface area contributed by atoms with E-state index in [1.165, 1.54) is 5.39 Å². The lowest BCUT2D eigenvalue weighted by Gasteiger charge is -2.11. The molecular weight excluding hydrogens is 310 g/mol. The van der Waals surface area contributed by atoms with E-state index in [2.05, 4.69) is 60.0 Å². The fourth-order valence-electron chi connectivity index (χ4n) is 3.02. The van der Waals surface area contributed by atoms with Gasteiger partial charge in [-0.25, -0.2) is 4.98 Å². The van der Waals surface area contributed by atoms with E-state index < -0.39 is 0 Å². The number of rotatable bonds is 5. The average molecular weight is 331 g/mol. The predicted molar refractivity (Wildman–Crippen MR) is 105 cm³/mol. The van der Waals surface area contributed by atoms with Gasteiger partial charge in [0.2, 0.25) is 5.89 Å². The van der Waals surface area contributed by atoms with E-state index in [9.17, 15) is 0 Å². The third kappa shape index (κ3) is 2.91. The molecule has 25 heavy (non-hydrogen) atoms. The highest BCUT2D eigenvalue weighted by Gasteiger charge is 2.14. The van der Waals surface area contributed by atoms with Crippen LogP contribution in [0.3, 0.4) is 0 Å². The molecule has 3 aromatic carbocycles. The van der Waals surface area contributed by atoms with Gasteiger partial charge in [-0.05, 0) is 47.5 Å². The molecule has 0 aliphatic carbocycles. The zero-order chi connectivity index (χ0) is 17.2. The largest absolute Gasteiger partial charge is 0.436 e. The van der Waals surface area contributed by atoms with Crippen molar-refractivity contribution < 1.29 is 4.42 Å². The van der Waals surface area contributed by atoms with Crippen molar-refractivity contribution in [1.29, 1.82) is 0 Å². The Morgan fingerprint density at radius 1 is 1.00 bits per heavy atom. The lowest BCUT2D eigenvalue weighted by Crippen LogP contribution is -2.02. The van der Waals surface area contributed by atoms with Gasteiger partial charge in [0.15, 0.2) is 5.58 Å². The first kappa shape index (κ1) is 15.5. The molecule has 4 nitrogen and oxygen atoms in total. The van der Waals surface area contributed by atoms with Crippen molar-refractivity contribution in [2.24, 2.45) is 0 Å². The molecule has 2 N–H and O–H groups in total. The quantitative estimate of drug-likeness (QED) is 0.506. The summed E-state index contributed by atoms with van der Waals surface area (Å²) in [4.78, 5) is 4.74. The van der Waals surface area contributed by atoms with Gasteiger partial charge in [-0.2, -0.15) is 0 Å². The molecule has 126 valence electrons. The second kappa shape index (κ2) is 6.48. The predicted octanol–water partition coefficient (Wildman–Crippen LogP) is 5.51. The second-order valence-electron chi connectivity index (χ2n) is 6.12. The highest BCUT2D eigenvalue weighted by molar-refractivity contribution is 5.95. The van der Waals surface area contributed by atoms with Crippen molar-refractivity contribution in [1.82, 2.24) is 4.98 Å². The zero-order valence-corrected chi connectivity index (χ0v) is 14.5. The maximum absolute atomic E-state index is 6.10. The minimum Gasteiger partial charge on any atom is -0.436 e. The number of oxazole rings is 1. The summed E-state index contributed by atoms with van der Waals surface area (Å²) >= 11 is 0. The standard InChI is InChI=1S/C21H21N3O/c1-3-10-23-18-9-8-16(22-2)13-17(18)21-24-19-11-14-6-4-5-7-15(14)12-20(19)25-21/h4-9,11-13,22-23H,3,10H2,1-2H3. The molecule has 0 atom stereocenters. The second-order valence-corrected chi connectivity index (χ2v) is 6.12. The molecular formula is C21H21N3O. The number of hydrogen-bond donors (Lipinski definition) is 2. The summed E-state index contributed by atoms with van der Waals surface area (Å²) in [6.07, 6.45) is 1.06. The number of aromatic nitrogens is 1. The SMILES string of the molecule is CCCNc1ccc(NC)cc1-c1nc2cc3ccccc3cc2o1. The summed E-state index contributed by atoms with van der Waals surface area (Å²) in [6.45, 7) is 3.07. The third-order valence-electron chi connectivity index (χ3n) is 4.36. The van der Waals surface area contributed by atoms with E-state index in [0.717, 1.165) is 46.4 Å². The molecule has 0 saturated heterocycles. The molecule has 0 aliphatic heterocycles. The Morgan fingerprint density at radius 2 is 1.80 bits per heavy atom. The summed E-state index contributed by atoms with van der Waals surface area (Å²) in [5, 5.41) is 8.97. The van der Waals surface area contributed by atoms with Gasteiger partial charge in [0.1, 0.15) is 5.52 Å². The zero-order valence-electron chi connectivity index (χ0n) is 14.5. The smallest absolute Gasteiger partial charge is 0.229 e. The number of nitrogens with zero attached hydrogens (tertiary/aromatic N) is 1. The van der Waals surface area contributed by atoms with Gasteiger partial charge in [0.05, 0.1) is 5.56 Å². The highest BCUT2D eigenvalue weighted by atomic mass is 16.3. The summed E-state index contributed by atoms with van der Waals surface area (Å²) in [7, 11) is 1.91. The van der Waals surface area contributed by atoms with Gasteiger partial charge in [-0.15, -0.1) is 0 Å². The first-order valence-corrected chi connectivity index (χ1v) is 8.64. The fourth-order valence-corrected chi connectivity index (χ4v) is 3.02. The molecule has 4 rings (SSSR count). The number of nitrogens with one attached hydrogen (secondary N) is 2. The van der Waals surface area contributed by atoms with Gasteiger partial charge in [-0.1, -0.05) is 31.2 Å². The Balaban J connectivity index is 1.86. The van der Waals surface area contributed by atoms with Crippen LogP contribution in [-0.2, 0) is 0 Å². The summed E-state index contributed by atoms with van der Waals surface area (Å²) in [6, 6.07) is 18.6. The molecule has 4 aromatic rings. The molecule has 0 aliphatic rings. The summed E-state index contributed by atoms with van der Waals surface area (Å²) < 4.78 is 6.10. The topological polar surface area (TPSA) is 50.1 Å². The van der Waals surface area contributed by atoms with Gasteiger partial charge in [0, 0.05) is 25.0 Å². The van der Waals surface area contributed by atoms with Crippen LogP contribution in [0.2, 0.25) is 0 Å². The van der Waals surface area contributed by atoms with Crippen LogP contribution >= 0.6 is 0 Å². The Bertz CT molecular complexity index is 983. The molecule has 0 unspecified atom stereocenters. The van der Waals surface area contributed by atoms with Crippen LogP contribution in [-0.4, -0.2) is 18.6 Å². The lowest BCUT2D eigenvalue weighted by atomic mass is 10.1. The van der Waals surface area contributed by atoms with Crippen LogP contribution < -0.4 is 10.6 Å². The van der Waals surface area contributed by atoms with Crippen molar-refractivity contribution in [3.63, 3.8) is 0 Å². The van der Waals surface area contributed by atoms with E-state index in [1.807, 2.05) is 19.2 Å². The number of anilines is 2. The van der Waals surface area contributed by atoms with E-state index in [4.69, 9.17) is 9.40 Å². The Kier molecular flexibility index (Phi) is 4.02. The minimum absolute atomic E-state index is 0.640. The van der Waals surface area contributed by atoms with Gasteiger partial charge in [-0.3, -0.25) is 0 Å². The van der Waals surface area contributed by atoms with E-state index in [1.54, 1.807) is 0 Å². The van der Waals surface area contributed by atoms with Crippen molar-refractivity contribution in [3.8, 4) is 11.5 Å². The summed E-state index contributed by atoms with van der Waals surface area (Å²) in [5.41, 5.74) is 4.73. The maximum Gasteiger partial charge on any atom is 0.229 e. The Hall–Kier alpha value is -3.01. The van der Waals surface area contributed by atoms with Crippen LogP contribution in [0.15, 0.2) is 59.0 Å². The molecule has 0 bridgehead atoms. The lowest BCUT2D eigenvalue weighted by molar-refractivity contribution is 0.620. The molecule has 0 saturated carbocycles. The average Bonchev–Trinajstić information content (AvgIpc) is 3.06. The van der Waals surface area contributed by atoms with Crippen LogP contribution in [0.25, 0.3) is 33.3 Å². The highest BCUT2D eigenvalue weighted by Crippen LogP contribution is 2.33. The monoisotopic (exact) mass is 331 g/mol. The molecule has 0 spiro atoms. The van der Waals surface area contributed by atoms with Crippen molar-refractivity contribution in [2.45, 2.75) is 13.3 Å². The van der Waals surface area contributed by atoms with Gasteiger partial charge in [0.25, 0.3) is 0 Å². The van der Waals surface area contributed by atoms with Crippen LogP contribution in [0, 0.1) is 0 Å². The van der Waals surface area contributed by atoms with Gasteiger partial charge < -0.3 is 15.1 Å². The fraction of sp³-hybridized carbons (Fsp3) is 0.190. The number of benzene rings is 3. The first-order chi connectivity index (χ1) is 12.3. The molecule has 1 aromatic heterocycles. The van der Waals surface area contributed by atoms with Crippen LogP contribution in [0.1, 0.15) is 13.3 Å². The van der Waals surface area contributed by atoms with Crippen molar-refractivity contribution >= 4 is 33.2 Å². The Morgan fingerprint density at radius 3 is 2.56 bits per heavy atom. The molecule has 0 amide bonds. The molecule has 4 heteroatoms. The van der Waals surface area contributed by atoms with E-state index >= 15 is 0 Å². The number of fused-ring (bicyclic) bond motifs is 2. The van der Waals surface area contributed by atoms with Gasteiger partial charge >= 0.3 is 0 Å². The number of hydrogen-bond acceptors (Lipinski definition) is 4. The molecule has 0 radical (unpaired) electrons. The van der Waals surface area contributed by atoms with E-state index in [-0.39, 0.29) is 0 Å². The van der Waals surface area contributed by atoms with Crippen molar-refractivity contribution in [2.75, 3.05) is 24.2 Å². The van der Waals surface area contributed by atoms with E-state index in [0.29, 0.717) is 5.89 Å². The summed E-state index contributed by atoms with van der Waals surface area (Å²) in [5.74, 6) is 0.640. The van der Waals surface area contributed by atoms with Crippen LogP contribution in [0.4, 0.5) is 11.4 Å². The maximum atomic E-state index is 6.10. The van der Waals surface area contributed by atoms with Crippen molar-refractivity contribution in [3.05, 3.63) is 54.6 Å². The van der Waals surface area contributed by atoms with Crippen LogP contribution in [0.5, 0.6) is 0 Å².